The molecule has 0 spiro atoms. The van der Waals surface area contributed by atoms with E-state index in [0.29, 0.717) is 5.56 Å². The van der Waals surface area contributed by atoms with Gasteiger partial charge in [-0.3, -0.25) is 19.7 Å². The molecule has 0 radical (unpaired) electrons. The van der Waals surface area contributed by atoms with Crippen molar-refractivity contribution in [2.75, 3.05) is 0 Å². The number of nitrogens with zero attached hydrogens (tertiary/aromatic N) is 6. The van der Waals surface area contributed by atoms with Crippen molar-refractivity contribution in [1.82, 2.24) is 19.7 Å². The van der Waals surface area contributed by atoms with Gasteiger partial charge in [-0.15, -0.1) is 10.2 Å². The second-order valence-corrected chi connectivity index (χ2v) is 6.40. The Hall–Kier alpha value is -3.46. The van der Waals surface area contributed by atoms with Crippen molar-refractivity contribution < 1.29 is 18.1 Å². The monoisotopic (exact) mass is 406 g/mol. The second-order valence-electron chi connectivity index (χ2n) is 5.39. The van der Waals surface area contributed by atoms with E-state index in [2.05, 4.69) is 15.2 Å². The Labute approximate surface area is 159 Å². The number of alkyl halides is 3. The molecule has 2 aromatic heterocycles. The van der Waals surface area contributed by atoms with Crippen LogP contribution in [0.5, 0.6) is 0 Å². The predicted molar refractivity (Wildman–Crippen MR) is 91.2 cm³/mol. The molecule has 8 nitrogen and oxygen atoms in total. The highest BCUT2D eigenvalue weighted by molar-refractivity contribution is 7.99. The molecule has 0 atom stereocenters. The molecular weight excluding hydrogens is 397 g/mol. The molecule has 2 heterocycles. The Morgan fingerprint density at radius 3 is 2.54 bits per heavy atom. The lowest BCUT2D eigenvalue weighted by molar-refractivity contribution is -0.384. The number of rotatable bonds is 5. The quantitative estimate of drug-likeness (QED) is 0.468. The maximum atomic E-state index is 13.1. The number of non-ortho nitro benzene ring substituents is 1. The number of nitriles is 1. The van der Waals surface area contributed by atoms with Gasteiger partial charge in [-0.25, -0.2) is 0 Å². The Balaban J connectivity index is 2.04. The van der Waals surface area contributed by atoms with E-state index in [1.165, 1.54) is 30.6 Å². The zero-order valence-electron chi connectivity index (χ0n) is 13.8. The van der Waals surface area contributed by atoms with Crippen LogP contribution in [0.25, 0.3) is 11.4 Å². The average Bonchev–Trinajstić information content (AvgIpc) is 3.03. The van der Waals surface area contributed by atoms with Crippen molar-refractivity contribution >= 4 is 17.4 Å². The molecule has 0 aliphatic carbocycles. The first-order chi connectivity index (χ1) is 13.3. The van der Waals surface area contributed by atoms with Gasteiger partial charge >= 0.3 is 6.18 Å². The summed E-state index contributed by atoms with van der Waals surface area (Å²) in [6.07, 6.45) is -1.70. The van der Waals surface area contributed by atoms with Gasteiger partial charge < -0.3 is 0 Å². The number of nitro benzene ring substituents is 1. The van der Waals surface area contributed by atoms with Crippen LogP contribution >= 0.6 is 11.8 Å². The number of hydrogen-bond acceptors (Lipinski definition) is 7. The third-order valence-electron chi connectivity index (χ3n) is 3.49. The highest BCUT2D eigenvalue weighted by atomic mass is 32.2. The van der Waals surface area contributed by atoms with E-state index in [4.69, 9.17) is 0 Å². The molecule has 3 rings (SSSR count). The van der Waals surface area contributed by atoms with E-state index < -0.39 is 17.6 Å². The molecule has 0 fully saturated rings. The van der Waals surface area contributed by atoms with Crippen molar-refractivity contribution in [1.29, 1.82) is 5.26 Å². The maximum absolute atomic E-state index is 13.1. The first-order valence-corrected chi connectivity index (χ1v) is 8.37. The molecule has 0 saturated carbocycles. The summed E-state index contributed by atoms with van der Waals surface area (Å²) in [6.45, 7) is -1.34. The van der Waals surface area contributed by atoms with Gasteiger partial charge in [0.25, 0.3) is 5.69 Å². The molecule has 0 unspecified atom stereocenters. The largest absolute Gasteiger partial charge is 0.406 e. The predicted octanol–water partition coefficient (Wildman–Crippen LogP) is 3.83. The van der Waals surface area contributed by atoms with Crippen LogP contribution in [-0.2, 0) is 6.54 Å². The van der Waals surface area contributed by atoms with Crippen LogP contribution < -0.4 is 0 Å². The van der Waals surface area contributed by atoms with Crippen LogP contribution in [0.2, 0.25) is 0 Å². The summed E-state index contributed by atoms with van der Waals surface area (Å²) in [7, 11) is 0. The fourth-order valence-electron chi connectivity index (χ4n) is 2.31. The van der Waals surface area contributed by atoms with Gasteiger partial charge in [0.2, 0.25) is 0 Å². The lowest BCUT2D eigenvalue weighted by atomic mass is 10.2. The molecule has 0 bridgehead atoms. The third-order valence-corrected chi connectivity index (χ3v) is 4.55. The number of benzene rings is 1. The van der Waals surface area contributed by atoms with E-state index in [-0.39, 0.29) is 27.1 Å². The average molecular weight is 406 g/mol. The summed E-state index contributed by atoms with van der Waals surface area (Å²) in [5.41, 5.74) is 0.0455. The van der Waals surface area contributed by atoms with Crippen LogP contribution in [0.3, 0.4) is 0 Å². The van der Waals surface area contributed by atoms with Gasteiger partial charge in [-0.1, -0.05) is 0 Å². The molecule has 142 valence electrons. The molecule has 28 heavy (non-hydrogen) atoms. The normalized spacial score (nSPS) is 11.2. The van der Waals surface area contributed by atoms with E-state index in [1.807, 2.05) is 0 Å². The number of nitro groups is 1. The number of hydrogen-bond donors (Lipinski definition) is 0. The van der Waals surface area contributed by atoms with Crippen LogP contribution in [-0.4, -0.2) is 30.8 Å². The second kappa shape index (κ2) is 7.65. The molecule has 0 saturated heterocycles. The summed E-state index contributed by atoms with van der Waals surface area (Å²) < 4.78 is 40.2. The molecular formula is C16H9F3N6O2S. The van der Waals surface area contributed by atoms with E-state index in [9.17, 15) is 28.5 Å². The summed E-state index contributed by atoms with van der Waals surface area (Å²) in [5.74, 6) is -0.0114. The Kier molecular flexibility index (Phi) is 5.27. The fraction of sp³-hybridized carbons (Fsp3) is 0.125. The van der Waals surface area contributed by atoms with Crippen LogP contribution in [0.15, 0.2) is 52.8 Å². The molecule has 0 aliphatic heterocycles. The van der Waals surface area contributed by atoms with Crippen molar-refractivity contribution in [2.24, 2.45) is 0 Å². The Bertz CT molecular complexity index is 1060. The fourth-order valence-corrected chi connectivity index (χ4v) is 3.20. The molecule has 0 amide bonds. The highest BCUT2D eigenvalue weighted by Crippen LogP contribution is 2.34. The summed E-state index contributed by atoms with van der Waals surface area (Å²) in [4.78, 5) is 14.2. The van der Waals surface area contributed by atoms with Crippen LogP contribution in [0, 0.1) is 21.4 Å². The van der Waals surface area contributed by atoms with Gasteiger partial charge in [0.15, 0.2) is 11.0 Å². The lowest BCUT2D eigenvalue weighted by Gasteiger charge is -2.12. The van der Waals surface area contributed by atoms with Gasteiger partial charge in [-0.05, 0) is 30.0 Å². The smallest absolute Gasteiger partial charge is 0.293 e. The number of aromatic nitrogens is 4. The molecule has 3 aromatic rings. The minimum absolute atomic E-state index is 0.0114. The molecule has 12 heteroatoms. The SMILES string of the molecule is N#Cc1cc([N+](=O)[O-])ccc1Sc1nnc(-c2ccncc2)n1CC(F)(F)F. The highest BCUT2D eigenvalue weighted by Gasteiger charge is 2.32. The van der Waals surface area contributed by atoms with E-state index in [0.717, 1.165) is 28.5 Å². The molecule has 1 aromatic carbocycles. The minimum atomic E-state index is -4.53. The first-order valence-electron chi connectivity index (χ1n) is 7.55. The van der Waals surface area contributed by atoms with Gasteiger partial charge in [0.05, 0.1) is 10.5 Å². The summed E-state index contributed by atoms with van der Waals surface area (Å²) in [6, 6.07) is 8.31. The number of halogens is 3. The number of pyridine rings is 1. The van der Waals surface area contributed by atoms with Gasteiger partial charge in [0.1, 0.15) is 12.6 Å². The van der Waals surface area contributed by atoms with E-state index in [1.54, 1.807) is 6.07 Å². The zero-order valence-corrected chi connectivity index (χ0v) is 14.6. The van der Waals surface area contributed by atoms with E-state index >= 15 is 0 Å². The minimum Gasteiger partial charge on any atom is -0.293 e. The zero-order chi connectivity index (χ0) is 20.3. The maximum Gasteiger partial charge on any atom is 0.406 e. The Morgan fingerprint density at radius 1 is 1.21 bits per heavy atom. The van der Waals surface area contributed by atoms with Crippen LogP contribution in [0.1, 0.15) is 5.56 Å². The van der Waals surface area contributed by atoms with Gasteiger partial charge in [-0.2, -0.15) is 18.4 Å². The van der Waals surface area contributed by atoms with Crippen molar-refractivity contribution in [3.63, 3.8) is 0 Å². The third kappa shape index (κ3) is 4.26. The Morgan fingerprint density at radius 2 is 1.93 bits per heavy atom. The van der Waals surface area contributed by atoms with Gasteiger partial charge in [0, 0.05) is 35.0 Å². The molecule has 0 N–H and O–H groups in total. The summed E-state index contributed by atoms with van der Waals surface area (Å²) in [5, 5.41) is 27.6. The van der Waals surface area contributed by atoms with Crippen molar-refractivity contribution in [2.45, 2.75) is 22.8 Å². The van der Waals surface area contributed by atoms with Crippen LogP contribution in [0.4, 0.5) is 18.9 Å². The van der Waals surface area contributed by atoms with Crippen molar-refractivity contribution in [3.05, 3.63) is 58.4 Å². The first kappa shape index (κ1) is 19.3. The standard InChI is InChI=1S/C16H9F3N6O2S/c17-16(18,19)9-24-14(10-3-5-21-6-4-10)22-23-15(24)28-13-2-1-12(25(26)27)7-11(13)8-20/h1-7H,9H2. The van der Waals surface area contributed by atoms with Crippen molar-refractivity contribution in [3.8, 4) is 17.5 Å². The lowest BCUT2D eigenvalue weighted by Crippen LogP contribution is -2.19. The molecule has 0 aliphatic rings. The summed E-state index contributed by atoms with van der Waals surface area (Å²) >= 11 is 0.771. The topological polar surface area (TPSA) is 111 Å².